The lowest BCUT2D eigenvalue weighted by Crippen LogP contribution is -2.23. The van der Waals surface area contributed by atoms with Crippen molar-refractivity contribution in [1.82, 2.24) is 5.32 Å². The lowest BCUT2D eigenvalue weighted by atomic mass is 9.94. The summed E-state index contributed by atoms with van der Waals surface area (Å²) in [7, 11) is 0. The largest absolute Gasteiger partial charge is 0.481 e. The van der Waals surface area contributed by atoms with E-state index in [0.717, 1.165) is 18.5 Å². The monoisotopic (exact) mass is 227 g/mol. The van der Waals surface area contributed by atoms with Crippen molar-refractivity contribution in [2.24, 2.45) is 5.92 Å². The SMILES string of the molecule is Cl.O=C(O)[C@@H]1CCN[C@@H]1c1ccccc1. The van der Waals surface area contributed by atoms with E-state index in [-0.39, 0.29) is 24.4 Å². The molecule has 0 aliphatic carbocycles. The third-order valence-electron chi connectivity index (χ3n) is 2.70. The molecule has 0 bridgehead atoms. The summed E-state index contributed by atoms with van der Waals surface area (Å²) >= 11 is 0. The zero-order chi connectivity index (χ0) is 9.97. The van der Waals surface area contributed by atoms with Gasteiger partial charge in [0.25, 0.3) is 0 Å². The first-order chi connectivity index (χ1) is 6.79. The molecular formula is C11H14ClNO2. The highest BCUT2D eigenvalue weighted by atomic mass is 35.5. The summed E-state index contributed by atoms with van der Waals surface area (Å²) in [6, 6.07) is 9.74. The number of nitrogens with one attached hydrogen (secondary N) is 1. The van der Waals surface area contributed by atoms with Gasteiger partial charge in [0.05, 0.1) is 5.92 Å². The molecule has 0 spiro atoms. The van der Waals surface area contributed by atoms with E-state index in [4.69, 9.17) is 5.11 Å². The first-order valence-electron chi connectivity index (χ1n) is 4.80. The van der Waals surface area contributed by atoms with Crippen molar-refractivity contribution >= 4 is 18.4 Å². The molecule has 0 amide bonds. The van der Waals surface area contributed by atoms with Gasteiger partial charge in [-0.3, -0.25) is 4.79 Å². The summed E-state index contributed by atoms with van der Waals surface area (Å²) in [4.78, 5) is 10.9. The van der Waals surface area contributed by atoms with Gasteiger partial charge in [-0.1, -0.05) is 30.3 Å². The normalized spacial score (nSPS) is 24.5. The Bertz CT molecular complexity index is 329. The average molecular weight is 228 g/mol. The molecule has 2 N–H and O–H groups in total. The molecule has 0 aromatic heterocycles. The number of hydrogen-bond acceptors (Lipinski definition) is 2. The Balaban J connectivity index is 0.00000112. The van der Waals surface area contributed by atoms with E-state index in [1.165, 1.54) is 0 Å². The first kappa shape index (κ1) is 12.0. The third-order valence-corrected chi connectivity index (χ3v) is 2.70. The zero-order valence-corrected chi connectivity index (χ0v) is 9.04. The van der Waals surface area contributed by atoms with Crippen LogP contribution in [0.15, 0.2) is 30.3 Å². The van der Waals surface area contributed by atoms with Gasteiger partial charge < -0.3 is 10.4 Å². The molecule has 0 unspecified atom stereocenters. The maximum atomic E-state index is 10.9. The topological polar surface area (TPSA) is 49.3 Å². The van der Waals surface area contributed by atoms with Gasteiger partial charge in [-0.25, -0.2) is 0 Å². The molecule has 0 radical (unpaired) electrons. The molecule has 1 fully saturated rings. The smallest absolute Gasteiger partial charge is 0.308 e. The molecule has 1 aromatic rings. The summed E-state index contributed by atoms with van der Waals surface area (Å²) < 4.78 is 0. The van der Waals surface area contributed by atoms with E-state index in [1.54, 1.807) is 0 Å². The predicted octanol–water partition coefficient (Wildman–Crippen LogP) is 1.84. The van der Waals surface area contributed by atoms with Crippen LogP contribution in [0.25, 0.3) is 0 Å². The molecule has 0 saturated carbocycles. The fourth-order valence-corrected chi connectivity index (χ4v) is 1.98. The third kappa shape index (κ3) is 2.49. The van der Waals surface area contributed by atoms with Crippen molar-refractivity contribution < 1.29 is 9.90 Å². The summed E-state index contributed by atoms with van der Waals surface area (Å²) in [5.41, 5.74) is 1.07. The number of carboxylic acids is 1. The van der Waals surface area contributed by atoms with Crippen LogP contribution in [0, 0.1) is 5.92 Å². The van der Waals surface area contributed by atoms with Gasteiger partial charge in [-0.15, -0.1) is 12.4 Å². The van der Waals surface area contributed by atoms with E-state index in [0.29, 0.717) is 0 Å². The molecular weight excluding hydrogens is 214 g/mol. The van der Waals surface area contributed by atoms with Crippen LogP contribution in [0.3, 0.4) is 0 Å². The molecule has 4 heteroatoms. The summed E-state index contributed by atoms with van der Waals surface area (Å²) in [6.45, 7) is 0.788. The van der Waals surface area contributed by atoms with Gasteiger partial charge in [0.2, 0.25) is 0 Å². The molecule has 2 atom stereocenters. The van der Waals surface area contributed by atoms with Crippen molar-refractivity contribution in [3.8, 4) is 0 Å². The van der Waals surface area contributed by atoms with Crippen molar-refractivity contribution in [2.45, 2.75) is 12.5 Å². The molecule has 3 nitrogen and oxygen atoms in total. The maximum Gasteiger partial charge on any atom is 0.308 e. The number of benzene rings is 1. The Hall–Kier alpha value is -1.06. The fourth-order valence-electron chi connectivity index (χ4n) is 1.98. The second-order valence-electron chi connectivity index (χ2n) is 3.58. The minimum absolute atomic E-state index is 0. The van der Waals surface area contributed by atoms with Crippen LogP contribution < -0.4 is 5.32 Å². The summed E-state index contributed by atoms with van der Waals surface area (Å²) in [6.07, 6.45) is 0.717. The van der Waals surface area contributed by atoms with Crippen LogP contribution in [0.5, 0.6) is 0 Å². The van der Waals surface area contributed by atoms with Crippen LogP contribution in [0.2, 0.25) is 0 Å². The van der Waals surface area contributed by atoms with Crippen molar-refractivity contribution in [3.63, 3.8) is 0 Å². The highest BCUT2D eigenvalue weighted by Crippen LogP contribution is 2.29. The second kappa shape index (κ2) is 5.14. The molecule has 1 aliphatic heterocycles. The Kier molecular flexibility index (Phi) is 4.12. The fraction of sp³-hybridized carbons (Fsp3) is 0.364. The molecule has 15 heavy (non-hydrogen) atoms. The molecule has 1 aliphatic rings. The lowest BCUT2D eigenvalue weighted by molar-refractivity contribution is -0.142. The zero-order valence-electron chi connectivity index (χ0n) is 8.22. The highest BCUT2D eigenvalue weighted by Gasteiger charge is 2.33. The molecule has 1 heterocycles. The van der Waals surface area contributed by atoms with E-state index in [2.05, 4.69) is 5.32 Å². The van der Waals surface area contributed by atoms with Crippen LogP contribution in [0.1, 0.15) is 18.0 Å². The second-order valence-corrected chi connectivity index (χ2v) is 3.58. The number of rotatable bonds is 2. The standard InChI is InChI=1S/C11H13NO2.ClH/c13-11(14)9-6-7-12-10(9)8-4-2-1-3-5-8;/h1-5,9-10,12H,6-7H2,(H,13,14);1H/t9-,10-;/m1./s1. The summed E-state index contributed by atoms with van der Waals surface area (Å²) in [5, 5.41) is 12.2. The number of carboxylic acid groups (broad SMARTS) is 1. The maximum absolute atomic E-state index is 10.9. The number of aliphatic carboxylic acids is 1. The number of halogens is 1. The Morgan fingerprint density at radius 1 is 1.33 bits per heavy atom. The minimum Gasteiger partial charge on any atom is -0.481 e. The molecule has 2 rings (SSSR count). The van der Waals surface area contributed by atoms with Crippen molar-refractivity contribution in [1.29, 1.82) is 0 Å². The van der Waals surface area contributed by atoms with Gasteiger partial charge >= 0.3 is 5.97 Å². The van der Waals surface area contributed by atoms with E-state index < -0.39 is 5.97 Å². The van der Waals surface area contributed by atoms with E-state index in [1.807, 2.05) is 30.3 Å². The first-order valence-corrected chi connectivity index (χ1v) is 4.80. The van der Waals surface area contributed by atoms with Gasteiger partial charge in [0, 0.05) is 6.04 Å². The molecule has 1 aromatic carbocycles. The van der Waals surface area contributed by atoms with Gasteiger partial charge in [0.15, 0.2) is 0 Å². The Morgan fingerprint density at radius 2 is 2.00 bits per heavy atom. The highest BCUT2D eigenvalue weighted by molar-refractivity contribution is 5.85. The number of carbonyl (C=O) groups is 1. The summed E-state index contributed by atoms with van der Waals surface area (Å²) in [5.74, 6) is -0.985. The minimum atomic E-state index is -0.705. The average Bonchev–Trinajstić information content (AvgIpc) is 2.67. The van der Waals surface area contributed by atoms with Gasteiger partial charge in [-0.05, 0) is 18.5 Å². The lowest BCUT2D eigenvalue weighted by Gasteiger charge is -2.15. The Morgan fingerprint density at radius 3 is 2.60 bits per heavy atom. The quantitative estimate of drug-likeness (QED) is 0.811. The van der Waals surface area contributed by atoms with Gasteiger partial charge in [-0.2, -0.15) is 0 Å². The van der Waals surface area contributed by atoms with Crippen molar-refractivity contribution in [3.05, 3.63) is 35.9 Å². The van der Waals surface area contributed by atoms with Crippen LogP contribution in [0.4, 0.5) is 0 Å². The predicted molar refractivity (Wildman–Crippen MR) is 60.2 cm³/mol. The van der Waals surface area contributed by atoms with Crippen LogP contribution in [-0.4, -0.2) is 17.6 Å². The van der Waals surface area contributed by atoms with Gasteiger partial charge in [0.1, 0.15) is 0 Å². The Labute approximate surface area is 94.9 Å². The molecule has 1 saturated heterocycles. The van der Waals surface area contributed by atoms with E-state index >= 15 is 0 Å². The van der Waals surface area contributed by atoms with Crippen molar-refractivity contribution in [2.75, 3.05) is 6.54 Å². The van der Waals surface area contributed by atoms with Crippen LogP contribution >= 0.6 is 12.4 Å². The number of hydrogen-bond donors (Lipinski definition) is 2. The van der Waals surface area contributed by atoms with Crippen LogP contribution in [-0.2, 0) is 4.79 Å². The molecule has 82 valence electrons. The van der Waals surface area contributed by atoms with E-state index in [9.17, 15) is 4.79 Å².